The van der Waals surface area contributed by atoms with Crippen molar-refractivity contribution in [3.05, 3.63) is 93.8 Å². The fraction of sp³-hybridized carbons (Fsp3) is 0.387. The van der Waals surface area contributed by atoms with E-state index in [4.69, 9.17) is 0 Å². The van der Waals surface area contributed by atoms with Crippen LogP contribution in [0.1, 0.15) is 54.1 Å². The molecule has 6 heteroatoms. The Balaban J connectivity index is 1.36. The summed E-state index contributed by atoms with van der Waals surface area (Å²) < 4.78 is 13.4. The highest BCUT2D eigenvalue weighted by Crippen LogP contribution is 2.57. The monoisotopic (exact) mass is 498 g/mol. The van der Waals surface area contributed by atoms with Gasteiger partial charge in [0.2, 0.25) is 0 Å². The lowest BCUT2D eigenvalue weighted by molar-refractivity contribution is -0.127. The van der Waals surface area contributed by atoms with E-state index in [0.717, 1.165) is 28.7 Å². The minimum absolute atomic E-state index is 0.0536. The number of Topliss-reactive ketones (excluding diaryl/α,β-unsaturated/α-hetero) is 1. The number of amides is 1. The van der Waals surface area contributed by atoms with E-state index in [9.17, 15) is 19.1 Å². The molecule has 3 aliphatic rings. The third-order valence-corrected chi connectivity index (χ3v) is 8.37. The molecule has 1 saturated carbocycles. The van der Waals surface area contributed by atoms with Crippen molar-refractivity contribution in [3.63, 3.8) is 0 Å². The van der Waals surface area contributed by atoms with Gasteiger partial charge in [0.05, 0.1) is 24.3 Å². The Morgan fingerprint density at radius 1 is 1.24 bits per heavy atom. The molecule has 1 amide bonds. The van der Waals surface area contributed by atoms with Gasteiger partial charge in [0.25, 0.3) is 5.91 Å². The summed E-state index contributed by atoms with van der Waals surface area (Å²) in [5.41, 5.74) is 4.35. The van der Waals surface area contributed by atoms with Crippen LogP contribution in [0.15, 0.2) is 64.2 Å². The Labute approximate surface area is 217 Å². The fourth-order valence-corrected chi connectivity index (χ4v) is 6.01. The molecule has 2 atom stereocenters. The van der Waals surface area contributed by atoms with E-state index in [0.29, 0.717) is 37.7 Å². The molecule has 5 rings (SSSR count). The zero-order chi connectivity index (χ0) is 26.2. The van der Waals surface area contributed by atoms with Gasteiger partial charge >= 0.3 is 0 Å². The van der Waals surface area contributed by atoms with Crippen LogP contribution in [0.5, 0.6) is 0 Å². The van der Waals surface area contributed by atoms with Gasteiger partial charge in [-0.2, -0.15) is 0 Å². The zero-order valence-corrected chi connectivity index (χ0v) is 21.3. The highest BCUT2D eigenvalue weighted by molar-refractivity contribution is 6.03. The molecule has 2 aliphatic carbocycles. The maximum absolute atomic E-state index is 13.4. The number of hydrogen-bond acceptors (Lipinski definition) is 4. The number of likely N-dealkylation sites (tertiary alicyclic amines) is 1. The summed E-state index contributed by atoms with van der Waals surface area (Å²) in [7, 11) is 1.75. The Hall–Kier alpha value is -3.56. The van der Waals surface area contributed by atoms with Crippen molar-refractivity contribution < 1.29 is 19.1 Å². The Morgan fingerprint density at radius 3 is 2.70 bits per heavy atom. The maximum Gasteiger partial charge on any atom is 0.263 e. The fourth-order valence-electron chi connectivity index (χ4n) is 6.01. The highest BCUT2D eigenvalue weighted by atomic mass is 19.1. The average molecular weight is 499 g/mol. The van der Waals surface area contributed by atoms with E-state index in [1.54, 1.807) is 13.1 Å². The predicted molar refractivity (Wildman–Crippen MR) is 140 cm³/mol. The van der Waals surface area contributed by atoms with Crippen LogP contribution in [0.2, 0.25) is 0 Å². The van der Waals surface area contributed by atoms with Gasteiger partial charge in [0.1, 0.15) is 5.82 Å². The second-order valence-electron chi connectivity index (χ2n) is 10.7. The van der Waals surface area contributed by atoms with Crippen molar-refractivity contribution in [1.29, 1.82) is 0 Å². The van der Waals surface area contributed by atoms with E-state index >= 15 is 0 Å². The number of carbonyl (C=O) groups excluding carboxylic acids is 2. The molecule has 2 fully saturated rings. The van der Waals surface area contributed by atoms with Crippen molar-refractivity contribution >= 4 is 17.9 Å². The van der Waals surface area contributed by atoms with Crippen molar-refractivity contribution in [2.24, 2.45) is 10.4 Å². The molecule has 2 unspecified atom stereocenters. The second kappa shape index (κ2) is 9.72. The minimum atomic E-state index is -0.945. The van der Waals surface area contributed by atoms with Crippen LogP contribution in [0.25, 0.3) is 0 Å². The van der Waals surface area contributed by atoms with Gasteiger partial charge < -0.3 is 10.0 Å². The van der Waals surface area contributed by atoms with Crippen molar-refractivity contribution in [2.45, 2.75) is 51.0 Å². The molecular formula is C31H31FN2O3. The van der Waals surface area contributed by atoms with Crippen LogP contribution in [0.3, 0.4) is 0 Å². The van der Waals surface area contributed by atoms with Crippen LogP contribution in [0, 0.1) is 23.4 Å². The number of aliphatic hydroxyl groups is 1. The number of carbonyl (C=O) groups is 2. The number of ketones is 1. The van der Waals surface area contributed by atoms with E-state index in [1.165, 1.54) is 22.6 Å². The first-order valence-electron chi connectivity index (χ1n) is 12.8. The average Bonchev–Trinajstić information content (AvgIpc) is 3.12. The van der Waals surface area contributed by atoms with E-state index in [1.807, 2.05) is 24.4 Å². The summed E-state index contributed by atoms with van der Waals surface area (Å²) in [5, 5.41) is 12.0. The maximum atomic E-state index is 13.4. The zero-order valence-electron chi connectivity index (χ0n) is 21.3. The number of hydrogen-bond donors (Lipinski definition) is 1. The summed E-state index contributed by atoms with van der Waals surface area (Å²) in [5.74, 6) is -0.400. The first-order chi connectivity index (χ1) is 17.7. The standard InChI is InChI=1S/C31H31FN2O3/c1-30-17-24(18-33-2)23(15-21-7-9-26(32)10-8-21)16-25(30)12-14-31(30,37)13-11-22-5-3-4-6-28(22)29(36)34-19-27(35)20-34/h3,5,7-10,16,18,37H,11-15,17,19-20H2,1-2H3. The molecule has 0 bridgehead atoms. The summed E-state index contributed by atoms with van der Waals surface area (Å²) >= 11 is 0. The summed E-state index contributed by atoms with van der Waals surface area (Å²) in [6, 6.07) is 16.0. The van der Waals surface area contributed by atoms with E-state index in [2.05, 4.69) is 30.1 Å². The van der Waals surface area contributed by atoms with Gasteiger partial charge in [-0.05, 0) is 85.1 Å². The number of allylic oxidation sites excluding steroid dienone is 3. The summed E-state index contributed by atoms with van der Waals surface area (Å²) in [6.07, 6.45) is 7.90. The Kier molecular flexibility index (Phi) is 6.59. The number of aliphatic imine (C=N–C) groups is 1. The third kappa shape index (κ3) is 4.65. The molecule has 0 aromatic heterocycles. The number of aryl methyl sites for hydroxylation is 1. The molecule has 2 aromatic carbocycles. The van der Waals surface area contributed by atoms with Crippen molar-refractivity contribution in [1.82, 2.24) is 4.90 Å². The second-order valence-corrected chi connectivity index (χ2v) is 10.7. The van der Waals surface area contributed by atoms with Crippen molar-refractivity contribution in [3.8, 4) is 0 Å². The van der Waals surface area contributed by atoms with Gasteiger partial charge in [-0.25, -0.2) is 4.39 Å². The number of benzene rings is 1. The van der Waals surface area contributed by atoms with Gasteiger partial charge in [-0.3, -0.25) is 14.6 Å². The van der Waals surface area contributed by atoms with Gasteiger partial charge in [-0.1, -0.05) is 42.8 Å². The molecule has 0 radical (unpaired) electrons. The Bertz CT molecular complexity index is 1320. The lowest BCUT2D eigenvalue weighted by Crippen LogP contribution is -2.50. The van der Waals surface area contributed by atoms with Gasteiger partial charge in [0, 0.05) is 18.7 Å². The molecule has 1 N–H and O–H groups in total. The lowest BCUT2D eigenvalue weighted by atomic mass is 9.64. The Morgan fingerprint density at radius 2 is 2.00 bits per heavy atom. The van der Waals surface area contributed by atoms with Gasteiger partial charge in [0.15, 0.2) is 5.78 Å². The molecule has 5 nitrogen and oxygen atoms in total. The summed E-state index contributed by atoms with van der Waals surface area (Å²) in [6.45, 7) is 2.42. The molecular weight excluding hydrogens is 467 g/mol. The van der Waals surface area contributed by atoms with E-state index < -0.39 is 11.0 Å². The SMILES string of the molecule is CN=CC1=C(Cc2ccc(F)cc2)C=C2CCC(O)(CCc3ccc#cc3C(=O)N3CC(=O)C3)C2(C)C1. The van der Waals surface area contributed by atoms with Crippen LogP contribution < -0.4 is 0 Å². The third-order valence-electron chi connectivity index (χ3n) is 8.37. The quantitative estimate of drug-likeness (QED) is 0.572. The normalized spacial score (nSPS) is 25.1. The molecule has 37 heavy (non-hydrogen) atoms. The summed E-state index contributed by atoms with van der Waals surface area (Å²) in [4.78, 5) is 30.1. The van der Waals surface area contributed by atoms with Crippen LogP contribution >= 0.6 is 0 Å². The smallest absolute Gasteiger partial charge is 0.263 e. The molecule has 1 aliphatic heterocycles. The molecule has 190 valence electrons. The first kappa shape index (κ1) is 25.1. The number of fused-ring (bicyclic) bond motifs is 1. The van der Waals surface area contributed by atoms with Crippen molar-refractivity contribution in [2.75, 3.05) is 20.1 Å². The molecule has 0 spiro atoms. The van der Waals surface area contributed by atoms with Gasteiger partial charge in [-0.15, -0.1) is 0 Å². The topological polar surface area (TPSA) is 70.0 Å². The van der Waals surface area contributed by atoms with E-state index in [-0.39, 0.29) is 30.6 Å². The predicted octanol–water partition coefficient (Wildman–Crippen LogP) is 4.48. The number of rotatable bonds is 7. The number of nitrogens with zero attached hydrogens (tertiary/aromatic N) is 2. The van der Waals surface area contributed by atoms with Crippen LogP contribution in [-0.4, -0.2) is 53.6 Å². The number of halogens is 1. The lowest BCUT2D eigenvalue weighted by Gasteiger charge is -2.43. The van der Waals surface area contributed by atoms with Crippen LogP contribution in [-0.2, 0) is 17.6 Å². The largest absolute Gasteiger partial charge is 0.389 e. The first-order valence-corrected chi connectivity index (χ1v) is 12.8. The van der Waals surface area contributed by atoms with Crippen LogP contribution in [0.4, 0.5) is 4.39 Å². The highest BCUT2D eigenvalue weighted by Gasteiger charge is 2.54. The minimum Gasteiger partial charge on any atom is -0.389 e. The molecule has 2 aromatic rings. The molecule has 1 heterocycles. The molecule has 1 saturated heterocycles.